The fourth-order valence-electron chi connectivity index (χ4n) is 3.77. The highest BCUT2D eigenvalue weighted by Crippen LogP contribution is 2.25. The van der Waals surface area contributed by atoms with Crippen LogP contribution in [-0.4, -0.2) is 94.0 Å². The average molecular weight is 538 g/mol. The highest BCUT2D eigenvalue weighted by Gasteiger charge is 2.29. The zero-order chi connectivity index (χ0) is 19.8. The Morgan fingerprint density at radius 2 is 1.79 bits per heavy atom. The number of nitrogens with one attached hydrogen (secondary N) is 2. The topological polar surface area (TPSA) is 61.4 Å². The van der Waals surface area contributed by atoms with Crippen LogP contribution in [0.5, 0.6) is 0 Å². The summed E-state index contributed by atoms with van der Waals surface area (Å²) in [4.78, 5) is 10.8. The predicted molar refractivity (Wildman–Crippen MR) is 131 cm³/mol. The van der Waals surface area contributed by atoms with E-state index >= 15 is 0 Å². The number of nitrogens with zero attached hydrogens (tertiary/aromatic N) is 3. The van der Waals surface area contributed by atoms with Crippen LogP contribution in [0.2, 0.25) is 0 Å². The maximum absolute atomic E-state index is 5.54. The molecule has 3 heterocycles. The van der Waals surface area contributed by atoms with Gasteiger partial charge >= 0.3 is 0 Å². The van der Waals surface area contributed by atoms with Crippen molar-refractivity contribution in [3.8, 4) is 0 Å². The minimum Gasteiger partial charge on any atom is -0.379 e. The third kappa shape index (κ3) is 7.32. The number of thiophene rings is 1. The average Bonchev–Trinajstić information content (AvgIpc) is 3.26. The number of morpholine rings is 2. The molecule has 2 saturated heterocycles. The minimum absolute atomic E-state index is 0. The van der Waals surface area contributed by atoms with E-state index in [-0.39, 0.29) is 29.5 Å². The molecule has 1 aromatic heterocycles. The van der Waals surface area contributed by atoms with Gasteiger partial charge in [-0.2, -0.15) is 0 Å². The van der Waals surface area contributed by atoms with E-state index in [0.29, 0.717) is 6.04 Å². The monoisotopic (exact) mass is 537 g/mol. The Bertz CT molecular complexity index is 602. The first kappa shape index (κ1) is 24.8. The van der Waals surface area contributed by atoms with Gasteiger partial charge in [0.1, 0.15) is 0 Å². The number of guanidine groups is 1. The predicted octanol–water partition coefficient (Wildman–Crippen LogP) is 2.02. The van der Waals surface area contributed by atoms with Gasteiger partial charge in [0.2, 0.25) is 0 Å². The summed E-state index contributed by atoms with van der Waals surface area (Å²) in [6, 6.07) is 4.70. The highest BCUT2D eigenvalue weighted by atomic mass is 127. The van der Waals surface area contributed by atoms with Gasteiger partial charge in [0, 0.05) is 56.7 Å². The molecule has 0 radical (unpaired) electrons. The SMILES string of the molecule is CN=C(NCC(c1cccs1)N1CCOCC1)NCC(C)(C)N1CCOCC1.I. The van der Waals surface area contributed by atoms with Gasteiger partial charge < -0.3 is 20.1 Å². The Morgan fingerprint density at radius 3 is 2.38 bits per heavy atom. The molecule has 9 heteroatoms. The molecule has 166 valence electrons. The number of hydrogen-bond donors (Lipinski definition) is 2. The highest BCUT2D eigenvalue weighted by molar-refractivity contribution is 14.0. The van der Waals surface area contributed by atoms with Gasteiger partial charge in [-0.05, 0) is 25.3 Å². The van der Waals surface area contributed by atoms with Crippen molar-refractivity contribution in [2.45, 2.75) is 25.4 Å². The van der Waals surface area contributed by atoms with Crippen LogP contribution in [0.25, 0.3) is 0 Å². The third-order valence-corrected chi connectivity index (χ3v) is 6.57. The fourth-order valence-corrected chi connectivity index (χ4v) is 4.64. The summed E-state index contributed by atoms with van der Waals surface area (Å²) in [6.07, 6.45) is 0. The van der Waals surface area contributed by atoms with E-state index in [1.807, 2.05) is 18.4 Å². The lowest BCUT2D eigenvalue weighted by molar-refractivity contribution is -0.00836. The van der Waals surface area contributed by atoms with Gasteiger partial charge in [0.15, 0.2) is 5.96 Å². The molecule has 29 heavy (non-hydrogen) atoms. The van der Waals surface area contributed by atoms with E-state index in [2.05, 4.69) is 56.8 Å². The van der Waals surface area contributed by atoms with Crippen LogP contribution >= 0.6 is 35.3 Å². The van der Waals surface area contributed by atoms with E-state index in [9.17, 15) is 0 Å². The van der Waals surface area contributed by atoms with Gasteiger partial charge in [-0.3, -0.25) is 14.8 Å². The maximum atomic E-state index is 5.54. The van der Waals surface area contributed by atoms with Crippen molar-refractivity contribution in [3.63, 3.8) is 0 Å². The Hall–Kier alpha value is -0.460. The van der Waals surface area contributed by atoms with E-state index in [1.165, 1.54) is 4.88 Å². The Morgan fingerprint density at radius 1 is 1.14 bits per heavy atom. The number of hydrogen-bond acceptors (Lipinski definition) is 6. The van der Waals surface area contributed by atoms with Crippen LogP contribution in [0, 0.1) is 0 Å². The van der Waals surface area contributed by atoms with Crippen molar-refractivity contribution in [1.82, 2.24) is 20.4 Å². The van der Waals surface area contributed by atoms with Crippen molar-refractivity contribution < 1.29 is 9.47 Å². The summed E-state index contributed by atoms with van der Waals surface area (Å²) in [7, 11) is 1.84. The van der Waals surface area contributed by atoms with Gasteiger partial charge in [-0.1, -0.05) is 6.07 Å². The quantitative estimate of drug-likeness (QED) is 0.316. The maximum Gasteiger partial charge on any atom is 0.191 e. The summed E-state index contributed by atoms with van der Waals surface area (Å²) >= 11 is 1.82. The van der Waals surface area contributed by atoms with Gasteiger partial charge in [-0.25, -0.2) is 0 Å². The largest absolute Gasteiger partial charge is 0.379 e. The lowest BCUT2D eigenvalue weighted by Crippen LogP contribution is -2.56. The number of ether oxygens (including phenoxy) is 2. The molecule has 1 atom stereocenters. The smallest absolute Gasteiger partial charge is 0.191 e. The van der Waals surface area contributed by atoms with E-state index < -0.39 is 0 Å². The number of aliphatic imine (C=N–C) groups is 1. The Balaban J connectivity index is 0.00000300. The summed E-state index contributed by atoms with van der Waals surface area (Å²) in [5.41, 5.74) is 0.0543. The lowest BCUT2D eigenvalue weighted by atomic mass is 10.0. The molecule has 0 aliphatic carbocycles. The van der Waals surface area contributed by atoms with Crippen molar-refractivity contribution in [3.05, 3.63) is 22.4 Å². The van der Waals surface area contributed by atoms with Crippen molar-refractivity contribution >= 4 is 41.3 Å². The third-order valence-electron chi connectivity index (χ3n) is 5.60. The molecule has 0 bridgehead atoms. The summed E-state index contributed by atoms with van der Waals surface area (Å²) < 4.78 is 11.0. The van der Waals surface area contributed by atoms with E-state index in [1.54, 1.807) is 0 Å². The first-order chi connectivity index (χ1) is 13.6. The molecule has 0 aromatic carbocycles. The van der Waals surface area contributed by atoms with Crippen LogP contribution in [-0.2, 0) is 9.47 Å². The zero-order valence-electron chi connectivity index (χ0n) is 17.9. The standard InChI is InChI=1S/C20H35N5O2S.HI/c1-20(2,25-8-12-27-13-9-25)16-23-19(21-3)22-15-17(18-5-4-14-28-18)24-6-10-26-11-7-24;/h4-5,14,17H,6-13,15-16H2,1-3H3,(H2,21,22,23);1H. The second-order valence-electron chi connectivity index (χ2n) is 7.90. The molecule has 3 rings (SSSR count). The van der Waals surface area contributed by atoms with Crippen molar-refractivity contribution in [1.29, 1.82) is 0 Å². The molecule has 1 unspecified atom stereocenters. The second-order valence-corrected chi connectivity index (χ2v) is 8.88. The normalized spacial score (nSPS) is 20.7. The molecule has 0 spiro atoms. The van der Waals surface area contributed by atoms with Crippen molar-refractivity contribution in [2.24, 2.45) is 4.99 Å². The molecule has 2 N–H and O–H groups in total. The molecule has 1 aromatic rings. The lowest BCUT2D eigenvalue weighted by Gasteiger charge is -2.41. The Kier molecular flexibility index (Phi) is 10.6. The number of rotatable bonds is 7. The Labute approximate surface area is 196 Å². The molecule has 0 amide bonds. The van der Waals surface area contributed by atoms with Gasteiger partial charge in [0.05, 0.1) is 32.5 Å². The van der Waals surface area contributed by atoms with E-state index in [0.717, 1.165) is 71.7 Å². The molecule has 7 nitrogen and oxygen atoms in total. The molecule has 2 aliphatic rings. The van der Waals surface area contributed by atoms with Crippen molar-refractivity contribution in [2.75, 3.05) is 72.7 Å². The molecular weight excluding hydrogens is 501 g/mol. The first-order valence-corrected chi connectivity index (χ1v) is 11.1. The van der Waals surface area contributed by atoms with Crippen LogP contribution < -0.4 is 10.6 Å². The molecular formula is C20H36IN5O2S. The first-order valence-electron chi connectivity index (χ1n) is 10.2. The minimum atomic E-state index is 0. The molecule has 2 fully saturated rings. The molecule has 0 saturated carbocycles. The number of halogens is 1. The van der Waals surface area contributed by atoms with Crippen LogP contribution in [0.3, 0.4) is 0 Å². The molecule has 2 aliphatic heterocycles. The van der Waals surface area contributed by atoms with Gasteiger partial charge in [0.25, 0.3) is 0 Å². The summed E-state index contributed by atoms with van der Waals surface area (Å²) in [5, 5.41) is 9.23. The zero-order valence-corrected chi connectivity index (χ0v) is 21.0. The van der Waals surface area contributed by atoms with Gasteiger partial charge in [-0.15, -0.1) is 35.3 Å². The van der Waals surface area contributed by atoms with Crippen LogP contribution in [0.15, 0.2) is 22.5 Å². The summed E-state index contributed by atoms with van der Waals surface area (Å²) in [5.74, 6) is 0.858. The second kappa shape index (κ2) is 12.4. The van der Waals surface area contributed by atoms with E-state index in [4.69, 9.17) is 9.47 Å². The van der Waals surface area contributed by atoms with Crippen LogP contribution in [0.4, 0.5) is 0 Å². The summed E-state index contributed by atoms with van der Waals surface area (Å²) in [6.45, 7) is 13.4. The fraction of sp³-hybridized carbons (Fsp3) is 0.750. The van der Waals surface area contributed by atoms with Crippen LogP contribution in [0.1, 0.15) is 24.8 Å².